The van der Waals surface area contributed by atoms with Gasteiger partial charge in [-0.25, -0.2) is 4.79 Å². The monoisotopic (exact) mass is 319 g/mol. The van der Waals surface area contributed by atoms with Crippen molar-refractivity contribution in [3.8, 4) is 5.75 Å². The maximum atomic E-state index is 12.0. The average Bonchev–Trinajstić information content (AvgIpc) is 2.56. The lowest BCUT2D eigenvalue weighted by molar-refractivity contribution is -0.121. The molecule has 0 unspecified atom stereocenters. The maximum absolute atomic E-state index is 12.0. The van der Waals surface area contributed by atoms with Crippen LogP contribution in [-0.2, 0) is 4.79 Å². The van der Waals surface area contributed by atoms with Gasteiger partial charge < -0.3 is 10.1 Å². The molecule has 1 aromatic carbocycles. The third-order valence-corrected chi connectivity index (χ3v) is 4.19. The van der Waals surface area contributed by atoms with Gasteiger partial charge in [0, 0.05) is 11.7 Å². The minimum atomic E-state index is -0.516. The van der Waals surface area contributed by atoms with E-state index in [1.54, 1.807) is 31.4 Å². The number of hydrogen-bond donors (Lipinski definition) is 2. The van der Waals surface area contributed by atoms with Crippen LogP contribution >= 0.6 is 0 Å². The van der Waals surface area contributed by atoms with Crippen LogP contribution < -0.4 is 15.4 Å². The number of carbonyl (C=O) groups excluding carboxylic acids is 2. The van der Waals surface area contributed by atoms with Crippen molar-refractivity contribution in [1.82, 2.24) is 10.2 Å². The fraction of sp³-hybridized carbons (Fsp3) is 0.529. The molecule has 126 valence electrons. The van der Waals surface area contributed by atoms with E-state index in [-0.39, 0.29) is 12.5 Å². The van der Waals surface area contributed by atoms with Gasteiger partial charge in [0.2, 0.25) is 5.91 Å². The summed E-state index contributed by atoms with van der Waals surface area (Å²) < 4.78 is 5.05. The summed E-state index contributed by atoms with van der Waals surface area (Å²) >= 11 is 0. The topological polar surface area (TPSA) is 70.7 Å². The molecule has 0 heterocycles. The normalized spacial score (nSPS) is 15.3. The second-order valence-corrected chi connectivity index (χ2v) is 5.94. The van der Waals surface area contributed by atoms with E-state index in [0.717, 1.165) is 12.8 Å². The van der Waals surface area contributed by atoms with E-state index in [9.17, 15) is 9.59 Å². The Morgan fingerprint density at radius 1 is 1.17 bits per heavy atom. The summed E-state index contributed by atoms with van der Waals surface area (Å²) in [6.45, 7) is 0.237. The van der Waals surface area contributed by atoms with Crippen LogP contribution in [0.2, 0.25) is 0 Å². The standard InChI is InChI=1S/C17H25N3O3/c1-20(14-6-4-3-5-7-14)12-16(21)19-17(22)18-13-8-10-15(23-2)11-9-13/h8-11,14H,3-7,12H2,1-2H3,(H2,18,19,21,22). The molecule has 0 radical (unpaired) electrons. The lowest BCUT2D eigenvalue weighted by Crippen LogP contribution is -2.44. The number of benzene rings is 1. The fourth-order valence-corrected chi connectivity index (χ4v) is 2.88. The smallest absolute Gasteiger partial charge is 0.325 e. The molecule has 6 nitrogen and oxygen atoms in total. The maximum Gasteiger partial charge on any atom is 0.325 e. The predicted octanol–water partition coefficient (Wildman–Crippen LogP) is 2.61. The number of nitrogens with one attached hydrogen (secondary N) is 2. The zero-order valence-corrected chi connectivity index (χ0v) is 13.8. The van der Waals surface area contributed by atoms with Crippen LogP contribution in [0.15, 0.2) is 24.3 Å². The molecular weight excluding hydrogens is 294 g/mol. The molecule has 6 heteroatoms. The molecule has 0 atom stereocenters. The van der Waals surface area contributed by atoms with E-state index in [1.165, 1.54) is 19.3 Å². The molecule has 0 spiro atoms. The second-order valence-electron chi connectivity index (χ2n) is 5.94. The summed E-state index contributed by atoms with van der Waals surface area (Å²) in [5.41, 5.74) is 0.608. The number of carbonyl (C=O) groups is 2. The molecule has 1 fully saturated rings. The molecule has 23 heavy (non-hydrogen) atoms. The molecule has 1 aromatic rings. The number of nitrogens with zero attached hydrogens (tertiary/aromatic N) is 1. The molecule has 0 bridgehead atoms. The number of likely N-dealkylation sites (N-methyl/N-ethyl adjacent to an activating group) is 1. The van der Waals surface area contributed by atoms with Crippen LogP contribution in [0.3, 0.4) is 0 Å². The third kappa shape index (κ3) is 5.56. The number of hydrogen-bond acceptors (Lipinski definition) is 4. The lowest BCUT2D eigenvalue weighted by atomic mass is 9.94. The van der Waals surface area contributed by atoms with Crippen LogP contribution in [0.1, 0.15) is 32.1 Å². The fourth-order valence-electron chi connectivity index (χ4n) is 2.88. The number of methoxy groups -OCH3 is 1. The van der Waals surface area contributed by atoms with Crippen molar-refractivity contribution < 1.29 is 14.3 Å². The first kappa shape index (κ1) is 17.3. The number of amides is 3. The lowest BCUT2D eigenvalue weighted by Gasteiger charge is -2.30. The van der Waals surface area contributed by atoms with Crippen molar-refractivity contribution in [2.75, 3.05) is 26.0 Å². The van der Waals surface area contributed by atoms with E-state index >= 15 is 0 Å². The minimum Gasteiger partial charge on any atom is -0.497 e. The van der Waals surface area contributed by atoms with Crippen molar-refractivity contribution >= 4 is 17.6 Å². The molecule has 1 aliphatic rings. The van der Waals surface area contributed by atoms with Gasteiger partial charge in [-0.1, -0.05) is 19.3 Å². The van der Waals surface area contributed by atoms with Gasteiger partial charge in [0.25, 0.3) is 0 Å². The Hall–Kier alpha value is -2.08. The van der Waals surface area contributed by atoms with Crippen molar-refractivity contribution in [3.05, 3.63) is 24.3 Å². The van der Waals surface area contributed by atoms with Gasteiger partial charge in [-0.05, 0) is 44.2 Å². The first-order valence-electron chi connectivity index (χ1n) is 8.03. The molecule has 0 aromatic heterocycles. The largest absolute Gasteiger partial charge is 0.497 e. The van der Waals surface area contributed by atoms with Crippen LogP contribution in [0.4, 0.5) is 10.5 Å². The summed E-state index contributed by atoms with van der Waals surface area (Å²) in [7, 11) is 3.52. The van der Waals surface area contributed by atoms with Crippen LogP contribution in [0.5, 0.6) is 5.75 Å². The second kappa shape index (κ2) is 8.53. The molecule has 2 N–H and O–H groups in total. The number of ether oxygens (including phenoxy) is 1. The quantitative estimate of drug-likeness (QED) is 0.875. The highest BCUT2D eigenvalue weighted by atomic mass is 16.5. The van der Waals surface area contributed by atoms with Crippen molar-refractivity contribution in [1.29, 1.82) is 0 Å². The summed E-state index contributed by atoms with van der Waals surface area (Å²) in [5.74, 6) is 0.422. The summed E-state index contributed by atoms with van der Waals surface area (Å²) in [6, 6.07) is 6.85. The van der Waals surface area contributed by atoms with Gasteiger partial charge >= 0.3 is 6.03 Å². The molecule has 2 rings (SSSR count). The Balaban J connectivity index is 1.76. The Morgan fingerprint density at radius 3 is 2.43 bits per heavy atom. The Bertz CT molecular complexity index is 524. The van der Waals surface area contributed by atoms with E-state index in [2.05, 4.69) is 10.6 Å². The number of rotatable bonds is 5. The predicted molar refractivity (Wildman–Crippen MR) is 89.7 cm³/mol. The van der Waals surface area contributed by atoms with E-state index in [4.69, 9.17) is 4.74 Å². The van der Waals surface area contributed by atoms with Crippen molar-refractivity contribution in [3.63, 3.8) is 0 Å². The number of anilines is 1. The van der Waals surface area contributed by atoms with Crippen LogP contribution in [-0.4, -0.2) is 43.6 Å². The van der Waals surface area contributed by atoms with E-state index in [1.807, 2.05) is 11.9 Å². The average molecular weight is 319 g/mol. The van der Waals surface area contributed by atoms with Gasteiger partial charge in [0.15, 0.2) is 0 Å². The molecule has 1 saturated carbocycles. The van der Waals surface area contributed by atoms with Crippen molar-refractivity contribution in [2.45, 2.75) is 38.1 Å². The summed E-state index contributed by atoms with van der Waals surface area (Å²) in [6.07, 6.45) is 5.97. The van der Waals surface area contributed by atoms with Crippen LogP contribution in [0, 0.1) is 0 Å². The van der Waals surface area contributed by atoms with Gasteiger partial charge in [-0.3, -0.25) is 15.0 Å². The zero-order valence-electron chi connectivity index (χ0n) is 13.8. The third-order valence-electron chi connectivity index (χ3n) is 4.19. The van der Waals surface area contributed by atoms with Gasteiger partial charge in [-0.15, -0.1) is 0 Å². The molecular formula is C17H25N3O3. The van der Waals surface area contributed by atoms with E-state index < -0.39 is 6.03 Å². The highest BCUT2D eigenvalue weighted by Crippen LogP contribution is 2.21. The van der Waals surface area contributed by atoms with Crippen LogP contribution in [0.25, 0.3) is 0 Å². The van der Waals surface area contributed by atoms with Gasteiger partial charge in [0.1, 0.15) is 5.75 Å². The Labute approximate surface area is 137 Å². The first-order chi connectivity index (χ1) is 11.1. The molecule has 1 aliphatic carbocycles. The SMILES string of the molecule is COc1ccc(NC(=O)NC(=O)CN(C)C2CCCCC2)cc1. The van der Waals surface area contributed by atoms with Crippen molar-refractivity contribution in [2.24, 2.45) is 0 Å². The molecule has 0 aliphatic heterocycles. The Kier molecular flexibility index (Phi) is 6.40. The first-order valence-corrected chi connectivity index (χ1v) is 8.03. The Morgan fingerprint density at radius 2 is 1.83 bits per heavy atom. The molecule has 3 amide bonds. The van der Waals surface area contributed by atoms with E-state index in [0.29, 0.717) is 17.5 Å². The minimum absolute atomic E-state index is 0.237. The number of urea groups is 1. The summed E-state index contributed by atoms with van der Waals surface area (Å²) in [5, 5.41) is 5.00. The van der Waals surface area contributed by atoms with Gasteiger partial charge in [-0.2, -0.15) is 0 Å². The summed E-state index contributed by atoms with van der Waals surface area (Å²) in [4.78, 5) is 25.8. The highest BCUT2D eigenvalue weighted by molar-refractivity contribution is 6.01. The molecule has 0 saturated heterocycles. The number of imide groups is 1. The zero-order chi connectivity index (χ0) is 16.7. The highest BCUT2D eigenvalue weighted by Gasteiger charge is 2.20. The van der Waals surface area contributed by atoms with Gasteiger partial charge in [0.05, 0.1) is 13.7 Å².